The zero-order chi connectivity index (χ0) is 20.8. The molecular weight excluding hydrogens is 364 g/mol. The highest BCUT2D eigenvalue weighted by molar-refractivity contribution is 5.89. The number of hydrogen-bond acceptors (Lipinski definition) is 4. The number of hydrogen-bond donors (Lipinski definition) is 1. The Labute approximate surface area is 174 Å². The molecule has 0 radical (unpaired) electrons. The van der Waals surface area contributed by atoms with Crippen LogP contribution in [-0.4, -0.2) is 34.5 Å². The molecule has 1 saturated heterocycles. The van der Waals surface area contributed by atoms with Gasteiger partial charge >= 0.3 is 5.97 Å². The van der Waals surface area contributed by atoms with Gasteiger partial charge in [-0.2, -0.15) is 0 Å². The van der Waals surface area contributed by atoms with Gasteiger partial charge in [-0.25, -0.2) is 4.79 Å². The zero-order valence-electron chi connectivity index (χ0n) is 17.9. The topological polar surface area (TPSA) is 72.6 Å². The lowest BCUT2D eigenvalue weighted by atomic mass is 9.87. The van der Waals surface area contributed by atoms with Crippen LogP contribution in [0.2, 0.25) is 0 Å². The molecule has 1 aliphatic heterocycles. The Hall–Kier alpha value is -1.88. The summed E-state index contributed by atoms with van der Waals surface area (Å²) in [5.74, 6) is -0.220. The van der Waals surface area contributed by atoms with Crippen molar-refractivity contribution in [3.05, 3.63) is 35.9 Å². The number of likely N-dealkylation sites (tertiary alicyclic amines) is 1. The highest BCUT2D eigenvalue weighted by Crippen LogP contribution is 2.62. The molecule has 1 heterocycles. The Balaban J connectivity index is 1.74. The molecule has 3 atom stereocenters. The van der Waals surface area contributed by atoms with Gasteiger partial charge in [0, 0.05) is 17.4 Å². The first-order valence-corrected chi connectivity index (χ1v) is 11.1. The summed E-state index contributed by atoms with van der Waals surface area (Å²) < 4.78 is 5.81. The van der Waals surface area contributed by atoms with Crippen molar-refractivity contribution in [2.45, 2.75) is 89.4 Å². The number of carbonyl (C=O) groups excluding carboxylic acids is 2. The number of rotatable bonds is 3. The van der Waals surface area contributed by atoms with Gasteiger partial charge in [0.05, 0.1) is 6.04 Å². The Bertz CT molecular complexity index is 760. The highest BCUT2D eigenvalue weighted by atomic mass is 16.6. The van der Waals surface area contributed by atoms with Gasteiger partial charge in [0.2, 0.25) is 5.91 Å². The normalized spacial score (nSPS) is 29.1. The van der Waals surface area contributed by atoms with Crippen LogP contribution in [0.1, 0.15) is 77.3 Å². The molecular formula is C24H34N2O3. The Kier molecular flexibility index (Phi) is 5.22. The Morgan fingerprint density at radius 2 is 1.69 bits per heavy atom. The maximum atomic E-state index is 13.8. The lowest BCUT2D eigenvalue weighted by Gasteiger charge is -2.36. The van der Waals surface area contributed by atoms with E-state index in [0.29, 0.717) is 0 Å². The first kappa shape index (κ1) is 20.4. The van der Waals surface area contributed by atoms with Gasteiger partial charge in [0.1, 0.15) is 11.6 Å². The number of nitrogens with two attached hydrogens (primary N) is 1. The summed E-state index contributed by atoms with van der Waals surface area (Å²) in [7, 11) is 0. The average Bonchev–Trinajstić information content (AvgIpc) is 3.43. The highest BCUT2D eigenvalue weighted by Gasteiger charge is 2.69. The van der Waals surface area contributed by atoms with E-state index >= 15 is 0 Å². The molecule has 1 aromatic rings. The van der Waals surface area contributed by atoms with Crippen LogP contribution in [0.15, 0.2) is 30.3 Å². The second kappa shape index (κ2) is 7.42. The van der Waals surface area contributed by atoms with E-state index in [2.05, 4.69) is 0 Å². The molecule has 0 aromatic heterocycles. The van der Waals surface area contributed by atoms with E-state index in [1.807, 2.05) is 56.0 Å². The van der Waals surface area contributed by atoms with Crippen LogP contribution in [-0.2, 0) is 14.3 Å². The molecule has 5 heteroatoms. The van der Waals surface area contributed by atoms with Crippen molar-refractivity contribution in [2.24, 2.45) is 17.1 Å². The van der Waals surface area contributed by atoms with E-state index in [-0.39, 0.29) is 35.3 Å². The summed E-state index contributed by atoms with van der Waals surface area (Å²) in [5.41, 5.74) is 6.86. The van der Waals surface area contributed by atoms with Crippen molar-refractivity contribution in [3.63, 3.8) is 0 Å². The van der Waals surface area contributed by atoms with Crippen LogP contribution in [0.3, 0.4) is 0 Å². The largest absolute Gasteiger partial charge is 0.458 e. The summed E-state index contributed by atoms with van der Waals surface area (Å²) in [6.07, 6.45) is 6.89. The Morgan fingerprint density at radius 1 is 1.07 bits per heavy atom. The molecule has 1 spiro atoms. The second-order valence-corrected chi connectivity index (χ2v) is 10.1. The molecule has 5 nitrogen and oxygen atoms in total. The standard InChI is InChI=1S/C24H34N2O3/c1-23(2,3)29-22(28)20-24(14-15-24)19(25)18(16-10-6-4-7-11-16)26(20)21(27)17-12-8-5-9-13-17/h4,6-7,10-11,17-20H,5,8-9,12-15,25H2,1-3H3. The molecule has 3 fully saturated rings. The SMILES string of the molecule is CC(C)(C)OC(=O)C1N(C(=O)C2CCCCC2)C(c2ccccc2)C(N)C12CC2. The fourth-order valence-corrected chi connectivity index (χ4v) is 5.41. The van der Waals surface area contributed by atoms with E-state index in [4.69, 9.17) is 10.5 Å². The summed E-state index contributed by atoms with van der Waals surface area (Å²) in [6.45, 7) is 5.63. The third kappa shape index (κ3) is 3.70. The maximum absolute atomic E-state index is 13.8. The van der Waals surface area contributed by atoms with Crippen LogP contribution in [0.25, 0.3) is 0 Å². The van der Waals surface area contributed by atoms with Crippen molar-refractivity contribution in [3.8, 4) is 0 Å². The molecule has 2 saturated carbocycles. The lowest BCUT2D eigenvalue weighted by molar-refractivity contribution is -0.167. The average molecular weight is 399 g/mol. The monoisotopic (exact) mass is 398 g/mol. The number of ether oxygens (including phenoxy) is 1. The number of carbonyl (C=O) groups is 2. The van der Waals surface area contributed by atoms with Crippen LogP contribution >= 0.6 is 0 Å². The van der Waals surface area contributed by atoms with E-state index < -0.39 is 11.6 Å². The van der Waals surface area contributed by atoms with Gasteiger partial charge < -0.3 is 15.4 Å². The maximum Gasteiger partial charge on any atom is 0.330 e. The quantitative estimate of drug-likeness (QED) is 0.782. The van der Waals surface area contributed by atoms with Crippen LogP contribution < -0.4 is 5.73 Å². The smallest absolute Gasteiger partial charge is 0.330 e. The third-order valence-corrected chi connectivity index (χ3v) is 6.93. The minimum absolute atomic E-state index is 0.0130. The third-order valence-electron chi connectivity index (χ3n) is 6.93. The molecule has 1 amide bonds. The summed E-state index contributed by atoms with van der Waals surface area (Å²) in [5, 5.41) is 0. The van der Waals surface area contributed by atoms with E-state index in [0.717, 1.165) is 44.1 Å². The summed E-state index contributed by atoms with van der Waals surface area (Å²) >= 11 is 0. The number of nitrogens with zero attached hydrogens (tertiary/aromatic N) is 1. The van der Waals surface area contributed by atoms with E-state index in [1.165, 1.54) is 6.42 Å². The lowest BCUT2D eigenvalue weighted by Crippen LogP contribution is -2.49. The first-order valence-electron chi connectivity index (χ1n) is 11.1. The zero-order valence-corrected chi connectivity index (χ0v) is 17.9. The molecule has 1 aromatic carbocycles. The van der Waals surface area contributed by atoms with Crippen molar-refractivity contribution in [1.29, 1.82) is 0 Å². The molecule has 0 bridgehead atoms. The summed E-state index contributed by atoms with van der Waals surface area (Å²) in [6, 6.07) is 8.86. The molecule has 3 unspecified atom stereocenters. The number of amides is 1. The van der Waals surface area contributed by atoms with Crippen molar-refractivity contribution >= 4 is 11.9 Å². The predicted octanol–water partition coefficient (Wildman–Crippen LogP) is 3.97. The van der Waals surface area contributed by atoms with E-state index in [9.17, 15) is 9.59 Å². The predicted molar refractivity (Wildman–Crippen MR) is 112 cm³/mol. The van der Waals surface area contributed by atoms with E-state index in [1.54, 1.807) is 0 Å². The van der Waals surface area contributed by atoms with Gasteiger partial charge in [-0.1, -0.05) is 49.6 Å². The molecule has 2 N–H and O–H groups in total. The number of benzene rings is 1. The van der Waals surface area contributed by atoms with Crippen molar-refractivity contribution < 1.29 is 14.3 Å². The van der Waals surface area contributed by atoms with Crippen LogP contribution in [0.5, 0.6) is 0 Å². The molecule has 3 aliphatic rings. The minimum atomic E-state index is -0.596. The van der Waals surface area contributed by atoms with Gasteiger partial charge in [0.15, 0.2) is 0 Å². The fourth-order valence-electron chi connectivity index (χ4n) is 5.41. The summed E-state index contributed by atoms with van der Waals surface area (Å²) in [4.78, 5) is 29.0. The molecule has 2 aliphatic carbocycles. The van der Waals surface area contributed by atoms with Crippen LogP contribution in [0.4, 0.5) is 0 Å². The van der Waals surface area contributed by atoms with Crippen molar-refractivity contribution in [1.82, 2.24) is 4.90 Å². The first-order chi connectivity index (χ1) is 13.7. The number of esters is 1. The van der Waals surface area contributed by atoms with Gasteiger partial charge in [-0.3, -0.25) is 4.79 Å². The minimum Gasteiger partial charge on any atom is -0.458 e. The molecule has 158 valence electrons. The Morgan fingerprint density at radius 3 is 2.24 bits per heavy atom. The van der Waals surface area contributed by atoms with Crippen molar-refractivity contribution in [2.75, 3.05) is 0 Å². The van der Waals surface area contributed by atoms with Gasteiger partial charge in [-0.05, 0) is 52.0 Å². The molecule has 29 heavy (non-hydrogen) atoms. The fraction of sp³-hybridized carbons (Fsp3) is 0.667. The van der Waals surface area contributed by atoms with Crippen LogP contribution in [0, 0.1) is 11.3 Å². The second-order valence-electron chi connectivity index (χ2n) is 10.1. The molecule has 4 rings (SSSR count). The van der Waals surface area contributed by atoms with Gasteiger partial charge in [-0.15, -0.1) is 0 Å². The van der Waals surface area contributed by atoms with Gasteiger partial charge in [0.25, 0.3) is 0 Å².